The molecule has 0 bridgehead atoms. The third kappa shape index (κ3) is 5.62. The van der Waals surface area contributed by atoms with Crippen molar-refractivity contribution in [2.75, 3.05) is 46.0 Å². The standard InChI is InChI=1S/C29H35NO5S/c1-6-34-22-12-13-23-28(18-22)36-27(21-16-25(31-3)29(33-5)26(17-21)32-4)14-15-30(23)19-20-10-8-9-11-24(20)35-7-2/h8-13,16-18,27H,6-7,14-15,19H2,1-5H3/t27-/m0/s1. The van der Waals surface area contributed by atoms with Crippen LogP contribution in [-0.4, -0.2) is 41.1 Å². The van der Waals surface area contributed by atoms with Crippen molar-refractivity contribution in [2.24, 2.45) is 0 Å². The second kappa shape index (κ2) is 12.2. The minimum atomic E-state index is 0.196. The van der Waals surface area contributed by atoms with Gasteiger partial charge < -0.3 is 28.6 Å². The molecule has 3 aromatic rings. The smallest absolute Gasteiger partial charge is 0.203 e. The minimum absolute atomic E-state index is 0.196. The van der Waals surface area contributed by atoms with Gasteiger partial charge in [-0.1, -0.05) is 18.2 Å². The van der Waals surface area contributed by atoms with E-state index in [2.05, 4.69) is 47.4 Å². The van der Waals surface area contributed by atoms with E-state index in [0.717, 1.165) is 36.6 Å². The summed E-state index contributed by atoms with van der Waals surface area (Å²) < 4.78 is 28.6. The molecule has 3 aromatic carbocycles. The highest BCUT2D eigenvalue weighted by Crippen LogP contribution is 2.49. The summed E-state index contributed by atoms with van der Waals surface area (Å²) >= 11 is 1.85. The van der Waals surface area contributed by atoms with E-state index >= 15 is 0 Å². The van der Waals surface area contributed by atoms with E-state index < -0.39 is 0 Å². The number of anilines is 1. The number of para-hydroxylation sites is 1. The van der Waals surface area contributed by atoms with Crippen molar-refractivity contribution in [3.63, 3.8) is 0 Å². The molecule has 4 rings (SSSR count). The molecule has 0 saturated heterocycles. The van der Waals surface area contributed by atoms with Gasteiger partial charge in [0, 0.05) is 28.8 Å². The lowest BCUT2D eigenvalue weighted by molar-refractivity contribution is 0.323. The van der Waals surface area contributed by atoms with Crippen LogP contribution in [0.5, 0.6) is 28.7 Å². The van der Waals surface area contributed by atoms with E-state index in [1.54, 1.807) is 21.3 Å². The first kappa shape index (κ1) is 25.9. The highest BCUT2D eigenvalue weighted by molar-refractivity contribution is 7.99. The van der Waals surface area contributed by atoms with E-state index in [4.69, 9.17) is 23.7 Å². The minimum Gasteiger partial charge on any atom is -0.494 e. The zero-order valence-corrected chi connectivity index (χ0v) is 22.5. The van der Waals surface area contributed by atoms with Crippen LogP contribution in [-0.2, 0) is 6.54 Å². The average molecular weight is 510 g/mol. The Balaban J connectivity index is 1.72. The lowest BCUT2D eigenvalue weighted by atomic mass is 10.1. The lowest BCUT2D eigenvalue weighted by Gasteiger charge is -2.26. The molecular weight excluding hydrogens is 474 g/mol. The number of benzene rings is 3. The number of thioether (sulfide) groups is 1. The van der Waals surface area contributed by atoms with Gasteiger partial charge in [-0.2, -0.15) is 0 Å². The van der Waals surface area contributed by atoms with Crippen molar-refractivity contribution in [3.8, 4) is 28.7 Å². The van der Waals surface area contributed by atoms with Crippen LogP contribution in [0.1, 0.15) is 36.6 Å². The van der Waals surface area contributed by atoms with Gasteiger partial charge in [0.2, 0.25) is 5.75 Å². The lowest BCUT2D eigenvalue weighted by Crippen LogP contribution is -2.24. The van der Waals surface area contributed by atoms with Crippen molar-refractivity contribution in [3.05, 3.63) is 65.7 Å². The van der Waals surface area contributed by atoms with E-state index in [0.29, 0.717) is 30.5 Å². The van der Waals surface area contributed by atoms with E-state index in [9.17, 15) is 0 Å². The normalized spacial score (nSPS) is 15.0. The fourth-order valence-corrected chi connectivity index (χ4v) is 5.84. The van der Waals surface area contributed by atoms with Gasteiger partial charge in [0.1, 0.15) is 11.5 Å². The molecule has 0 aliphatic carbocycles. The molecule has 6 nitrogen and oxygen atoms in total. The highest BCUT2D eigenvalue weighted by atomic mass is 32.2. The second-order valence-corrected chi connectivity index (χ2v) is 9.62. The molecule has 0 fully saturated rings. The summed E-state index contributed by atoms with van der Waals surface area (Å²) in [6.07, 6.45) is 0.943. The van der Waals surface area contributed by atoms with Crippen molar-refractivity contribution in [1.82, 2.24) is 0 Å². The van der Waals surface area contributed by atoms with E-state index in [1.165, 1.54) is 16.1 Å². The Hall–Kier alpha value is -3.19. The Morgan fingerprint density at radius 1 is 0.833 bits per heavy atom. The molecule has 1 heterocycles. The van der Waals surface area contributed by atoms with E-state index in [1.807, 2.05) is 37.7 Å². The molecule has 1 aliphatic heterocycles. The Labute approximate surface area is 218 Å². The van der Waals surface area contributed by atoms with Gasteiger partial charge in [0.15, 0.2) is 11.5 Å². The first-order valence-electron chi connectivity index (χ1n) is 12.3. The maximum Gasteiger partial charge on any atom is 0.203 e. The van der Waals surface area contributed by atoms with Gasteiger partial charge in [-0.15, -0.1) is 11.8 Å². The largest absolute Gasteiger partial charge is 0.494 e. The summed E-state index contributed by atoms with van der Waals surface area (Å²) in [4.78, 5) is 3.62. The van der Waals surface area contributed by atoms with Gasteiger partial charge in [0.25, 0.3) is 0 Å². The fraction of sp³-hybridized carbons (Fsp3) is 0.379. The monoisotopic (exact) mass is 509 g/mol. The highest BCUT2D eigenvalue weighted by Gasteiger charge is 2.27. The molecule has 0 spiro atoms. The first-order chi connectivity index (χ1) is 17.6. The van der Waals surface area contributed by atoms with Crippen LogP contribution in [0.2, 0.25) is 0 Å². The molecule has 0 aromatic heterocycles. The second-order valence-electron chi connectivity index (χ2n) is 8.38. The van der Waals surface area contributed by atoms with Gasteiger partial charge in [-0.05, 0) is 62.2 Å². The van der Waals surface area contributed by atoms with Crippen LogP contribution in [0, 0.1) is 0 Å². The van der Waals surface area contributed by atoms with Crippen molar-refractivity contribution >= 4 is 17.4 Å². The Morgan fingerprint density at radius 2 is 1.56 bits per heavy atom. The fourth-order valence-electron chi connectivity index (χ4n) is 4.53. The van der Waals surface area contributed by atoms with Gasteiger partial charge in [0.05, 0.1) is 40.2 Å². The summed E-state index contributed by atoms with van der Waals surface area (Å²) in [5.74, 6) is 3.76. The van der Waals surface area contributed by atoms with Gasteiger partial charge in [-0.25, -0.2) is 0 Å². The summed E-state index contributed by atoms with van der Waals surface area (Å²) in [5, 5.41) is 0.196. The maximum atomic E-state index is 5.92. The number of nitrogens with zero attached hydrogens (tertiary/aromatic N) is 1. The molecule has 0 amide bonds. The van der Waals surface area contributed by atoms with Crippen LogP contribution in [0.4, 0.5) is 5.69 Å². The zero-order valence-electron chi connectivity index (χ0n) is 21.7. The molecule has 0 radical (unpaired) electrons. The predicted molar refractivity (Wildman–Crippen MR) is 146 cm³/mol. The van der Waals surface area contributed by atoms with Crippen LogP contribution >= 0.6 is 11.8 Å². The molecule has 0 unspecified atom stereocenters. The molecule has 192 valence electrons. The van der Waals surface area contributed by atoms with Crippen LogP contribution in [0.3, 0.4) is 0 Å². The third-order valence-corrected chi connectivity index (χ3v) is 7.58. The maximum absolute atomic E-state index is 5.92. The number of rotatable bonds is 10. The zero-order chi connectivity index (χ0) is 25.5. The van der Waals surface area contributed by atoms with E-state index in [-0.39, 0.29) is 5.25 Å². The Morgan fingerprint density at radius 3 is 2.22 bits per heavy atom. The summed E-state index contributed by atoms with van der Waals surface area (Å²) in [6.45, 7) is 6.95. The quantitative estimate of drug-likeness (QED) is 0.299. The van der Waals surface area contributed by atoms with Crippen LogP contribution < -0.4 is 28.6 Å². The molecule has 1 aliphatic rings. The topological polar surface area (TPSA) is 49.4 Å². The Kier molecular flexibility index (Phi) is 8.75. The number of fused-ring (bicyclic) bond motifs is 1. The predicted octanol–water partition coefficient (Wildman–Crippen LogP) is 6.75. The average Bonchev–Trinajstić information content (AvgIpc) is 3.08. The first-order valence-corrected chi connectivity index (χ1v) is 13.2. The molecule has 0 N–H and O–H groups in total. The summed E-state index contributed by atoms with van der Waals surface area (Å²) in [7, 11) is 4.94. The molecule has 36 heavy (non-hydrogen) atoms. The Bertz CT molecular complexity index is 1140. The number of hydrogen-bond donors (Lipinski definition) is 0. The van der Waals surface area contributed by atoms with Crippen molar-refractivity contribution in [2.45, 2.75) is 37.0 Å². The number of methoxy groups -OCH3 is 3. The molecule has 0 saturated carbocycles. The number of ether oxygens (including phenoxy) is 5. The van der Waals surface area contributed by atoms with Crippen LogP contribution in [0.25, 0.3) is 0 Å². The third-order valence-electron chi connectivity index (χ3n) is 6.21. The van der Waals surface area contributed by atoms with Crippen molar-refractivity contribution < 1.29 is 23.7 Å². The molecular formula is C29H35NO5S. The van der Waals surface area contributed by atoms with Crippen LogP contribution in [0.15, 0.2) is 59.5 Å². The molecule has 7 heteroatoms. The van der Waals surface area contributed by atoms with Gasteiger partial charge >= 0.3 is 0 Å². The summed E-state index contributed by atoms with van der Waals surface area (Å²) in [6, 6.07) is 18.8. The molecule has 1 atom stereocenters. The van der Waals surface area contributed by atoms with Crippen molar-refractivity contribution in [1.29, 1.82) is 0 Å². The summed E-state index contributed by atoms with van der Waals surface area (Å²) in [5.41, 5.74) is 3.51. The van der Waals surface area contributed by atoms with Gasteiger partial charge in [-0.3, -0.25) is 0 Å². The SMILES string of the molecule is CCOc1ccc2c(c1)S[C@H](c1cc(OC)c(OC)c(OC)c1)CCN2Cc1ccccc1OCC. The number of hydrogen-bond acceptors (Lipinski definition) is 7.